The predicted octanol–water partition coefficient (Wildman–Crippen LogP) is 1.14. The maximum atomic E-state index is 11.0. The van der Waals surface area contributed by atoms with Crippen LogP contribution in [0.1, 0.15) is 13.8 Å². The van der Waals surface area contributed by atoms with E-state index in [0.29, 0.717) is 6.54 Å². The number of esters is 1. The number of nitrogens with one attached hydrogen (secondary N) is 1. The van der Waals surface area contributed by atoms with Gasteiger partial charge in [-0.25, -0.2) is 0 Å². The van der Waals surface area contributed by atoms with E-state index in [1.165, 1.54) is 7.11 Å². The van der Waals surface area contributed by atoms with E-state index in [9.17, 15) is 4.79 Å². The van der Waals surface area contributed by atoms with Crippen molar-refractivity contribution >= 4 is 18.4 Å². The number of rotatable bonds is 4. The average Bonchev–Trinajstić information content (AvgIpc) is 1.99. The van der Waals surface area contributed by atoms with Gasteiger partial charge in [-0.15, -0.1) is 19.0 Å². The molecule has 0 aromatic heterocycles. The Balaban J connectivity index is 0. The summed E-state index contributed by atoms with van der Waals surface area (Å²) in [4.78, 5) is 11.0. The summed E-state index contributed by atoms with van der Waals surface area (Å²) in [7, 11) is 1.37. The van der Waals surface area contributed by atoms with E-state index in [1.54, 1.807) is 19.9 Å². The van der Waals surface area contributed by atoms with Gasteiger partial charge in [-0.05, 0) is 13.8 Å². The van der Waals surface area contributed by atoms with E-state index in [1.807, 2.05) is 0 Å². The number of methoxy groups -OCH3 is 1. The molecular formula is C8H16ClNO2. The van der Waals surface area contributed by atoms with Crippen LogP contribution in [0.15, 0.2) is 12.7 Å². The van der Waals surface area contributed by atoms with Gasteiger partial charge < -0.3 is 4.74 Å². The van der Waals surface area contributed by atoms with E-state index < -0.39 is 5.54 Å². The lowest BCUT2D eigenvalue weighted by atomic mass is 10.1. The van der Waals surface area contributed by atoms with Crippen LogP contribution in [0.2, 0.25) is 0 Å². The van der Waals surface area contributed by atoms with E-state index in [2.05, 4.69) is 16.6 Å². The van der Waals surface area contributed by atoms with Crippen LogP contribution < -0.4 is 5.32 Å². The minimum Gasteiger partial charge on any atom is -0.468 e. The first kappa shape index (κ1) is 14.0. The number of halogens is 1. The molecule has 0 unspecified atom stereocenters. The Kier molecular flexibility index (Phi) is 7.04. The molecular weight excluding hydrogens is 178 g/mol. The summed E-state index contributed by atoms with van der Waals surface area (Å²) in [5.74, 6) is -0.264. The second-order valence-electron chi connectivity index (χ2n) is 2.79. The molecule has 0 aliphatic heterocycles. The molecule has 0 rings (SSSR count). The van der Waals surface area contributed by atoms with Crippen LogP contribution in [0.25, 0.3) is 0 Å². The Hall–Kier alpha value is -0.540. The van der Waals surface area contributed by atoms with Crippen molar-refractivity contribution in [1.82, 2.24) is 5.32 Å². The molecule has 12 heavy (non-hydrogen) atoms. The highest BCUT2D eigenvalue weighted by Crippen LogP contribution is 2.03. The lowest BCUT2D eigenvalue weighted by molar-refractivity contribution is -0.147. The first-order valence-corrected chi connectivity index (χ1v) is 3.49. The second kappa shape index (κ2) is 6.03. The van der Waals surface area contributed by atoms with Crippen LogP contribution >= 0.6 is 12.4 Å². The van der Waals surface area contributed by atoms with Gasteiger partial charge in [0.25, 0.3) is 0 Å². The van der Waals surface area contributed by atoms with Crippen LogP contribution in [-0.2, 0) is 9.53 Å². The van der Waals surface area contributed by atoms with Crippen LogP contribution in [-0.4, -0.2) is 25.2 Å². The number of carbonyl (C=O) groups is 1. The van der Waals surface area contributed by atoms with E-state index in [-0.39, 0.29) is 18.4 Å². The van der Waals surface area contributed by atoms with Crippen molar-refractivity contribution in [2.45, 2.75) is 19.4 Å². The molecule has 0 heterocycles. The van der Waals surface area contributed by atoms with Crippen molar-refractivity contribution in [3.05, 3.63) is 12.7 Å². The molecule has 4 heteroatoms. The minimum atomic E-state index is -0.622. The fourth-order valence-electron chi connectivity index (χ4n) is 0.655. The van der Waals surface area contributed by atoms with Gasteiger partial charge in [-0.2, -0.15) is 0 Å². The van der Waals surface area contributed by atoms with Crippen LogP contribution in [0.4, 0.5) is 0 Å². The monoisotopic (exact) mass is 193 g/mol. The zero-order valence-electron chi connectivity index (χ0n) is 7.72. The molecule has 0 aliphatic carbocycles. The van der Waals surface area contributed by atoms with Crippen molar-refractivity contribution in [2.75, 3.05) is 13.7 Å². The van der Waals surface area contributed by atoms with Gasteiger partial charge in [-0.1, -0.05) is 6.08 Å². The molecule has 0 saturated heterocycles. The topological polar surface area (TPSA) is 38.3 Å². The standard InChI is InChI=1S/C8H15NO2.ClH/c1-5-6-9-8(2,3)7(10)11-4;/h5,9H,1,6H2,2-4H3;1H. The number of hydrogen-bond acceptors (Lipinski definition) is 3. The molecule has 0 atom stereocenters. The quantitative estimate of drug-likeness (QED) is 0.538. The first-order chi connectivity index (χ1) is 5.04. The summed E-state index contributed by atoms with van der Waals surface area (Å²) in [5, 5.41) is 2.97. The Bertz CT molecular complexity index is 157. The molecule has 3 nitrogen and oxygen atoms in total. The average molecular weight is 194 g/mol. The van der Waals surface area contributed by atoms with Gasteiger partial charge in [0, 0.05) is 6.54 Å². The third-order valence-corrected chi connectivity index (χ3v) is 1.38. The second-order valence-corrected chi connectivity index (χ2v) is 2.79. The van der Waals surface area contributed by atoms with E-state index in [0.717, 1.165) is 0 Å². The van der Waals surface area contributed by atoms with E-state index >= 15 is 0 Å². The van der Waals surface area contributed by atoms with Gasteiger partial charge in [0.1, 0.15) is 5.54 Å². The Labute approximate surface area is 79.6 Å². The number of carbonyl (C=O) groups excluding carboxylic acids is 1. The van der Waals surface area contributed by atoms with Crippen LogP contribution in [0, 0.1) is 0 Å². The largest absolute Gasteiger partial charge is 0.468 e. The fourth-order valence-corrected chi connectivity index (χ4v) is 0.655. The summed E-state index contributed by atoms with van der Waals surface area (Å²) < 4.78 is 4.58. The summed E-state index contributed by atoms with van der Waals surface area (Å²) >= 11 is 0. The molecule has 0 aliphatic rings. The van der Waals surface area contributed by atoms with Crippen molar-refractivity contribution < 1.29 is 9.53 Å². The van der Waals surface area contributed by atoms with Crippen molar-refractivity contribution in [2.24, 2.45) is 0 Å². The number of ether oxygens (including phenoxy) is 1. The highest BCUT2D eigenvalue weighted by Gasteiger charge is 2.26. The summed E-state index contributed by atoms with van der Waals surface area (Å²) in [6.07, 6.45) is 1.70. The van der Waals surface area contributed by atoms with Gasteiger partial charge in [0.05, 0.1) is 7.11 Å². The molecule has 0 bridgehead atoms. The zero-order chi connectivity index (χ0) is 8.91. The Morgan fingerprint density at radius 1 is 1.67 bits per heavy atom. The van der Waals surface area contributed by atoms with Crippen molar-refractivity contribution in [1.29, 1.82) is 0 Å². The predicted molar refractivity (Wildman–Crippen MR) is 51.5 cm³/mol. The fraction of sp³-hybridized carbons (Fsp3) is 0.625. The lowest BCUT2D eigenvalue weighted by Gasteiger charge is -2.21. The molecule has 0 spiro atoms. The molecule has 1 N–H and O–H groups in total. The van der Waals surface area contributed by atoms with Crippen molar-refractivity contribution in [3.63, 3.8) is 0 Å². The van der Waals surface area contributed by atoms with Gasteiger partial charge in [0.2, 0.25) is 0 Å². The number of hydrogen-bond donors (Lipinski definition) is 1. The van der Waals surface area contributed by atoms with Gasteiger partial charge in [-0.3, -0.25) is 10.1 Å². The smallest absolute Gasteiger partial charge is 0.325 e. The van der Waals surface area contributed by atoms with Gasteiger partial charge in [0.15, 0.2) is 0 Å². The Morgan fingerprint density at radius 3 is 2.50 bits per heavy atom. The molecule has 0 aromatic carbocycles. The third-order valence-electron chi connectivity index (χ3n) is 1.38. The first-order valence-electron chi connectivity index (χ1n) is 3.49. The summed E-state index contributed by atoms with van der Waals surface area (Å²) in [6.45, 7) is 7.67. The third kappa shape index (κ3) is 4.36. The SMILES string of the molecule is C=CCNC(C)(C)C(=O)OC.Cl. The van der Waals surface area contributed by atoms with E-state index in [4.69, 9.17) is 0 Å². The summed E-state index contributed by atoms with van der Waals surface area (Å²) in [5.41, 5.74) is -0.622. The Morgan fingerprint density at radius 2 is 2.17 bits per heavy atom. The lowest BCUT2D eigenvalue weighted by Crippen LogP contribution is -2.47. The molecule has 0 saturated carbocycles. The highest BCUT2D eigenvalue weighted by molar-refractivity contribution is 5.85. The molecule has 0 amide bonds. The molecule has 72 valence electrons. The van der Waals surface area contributed by atoms with Crippen LogP contribution in [0.3, 0.4) is 0 Å². The van der Waals surface area contributed by atoms with Gasteiger partial charge >= 0.3 is 5.97 Å². The normalized spacial score (nSPS) is 9.92. The maximum Gasteiger partial charge on any atom is 0.325 e. The molecule has 0 aromatic rings. The highest BCUT2D eigenvalue weighted by atomic mass is 35.5. The molecule has 0 fully saturated rings. The minimum absolute atomic E-state index is 0. The maximum absolute atomic E-state index is 11.0. The summed E-state index contributed by atoms with van der Waals surface area (Å²) in [6, 6.07) is 0. The zero-order valence-corrected chi connectivity index (χ0v) is 8.53. The molecule has 0 radical (unpaired) electrons. The van der Waals surface area contributed by atoms with Crippen LogP contribution in [0.5, 0.6) is 0 Å². The van der Waals surface area contributed by atoms with Crippen molar-refractivity contribution in [3.8, 4) is 0 Å².